The Bertz CT molecular complexity index is 668. The fraction of sp³-hybridized carbons (Fsp3) is 0.278. The van der Waals surface area contributed by atoms with Crippen LogP contribution in [-0.2, 0) is 4.79 Å². The van der Waals surface area contributed by atoms with Gasteiger partial charge in [-0.1, -0.05) is 38.1 Å². The largest absolute Gasteiger partial charge is 0.483 e. The first-order chi connectivity index (χ1) is 10.5. The zero-order valence-electron chi connectivity index (χ0n) is 13.0. The van der Waals surface area contributed by atoms with E-state index in [9.17, 15) is 4.79 Å². The van der Waals surface area contributed by atoms with E-state index in [1.807, 2.05) is 37.3 Å². The summed E-state index contributed by atoms with van der Waals surface area (Å²) in [6, 6.07) is 13.6. The van der Waals surface area contributed by atoms with Gasteiger partial charge in [0.15, 0.2) is 6.61 Å². The molecule has 0 aliphatic rings. The Hall–Kier alpha value is -1.81. The number of halogens is 1. The topological polar surface area (TPSA) is 38.3 Å². The van der Waals surface area contributed by atoms with E-state index in [1.54, 1.807) is 0 Å². The molecular weight excluding hydrogens is 342 g/mol. The summed E-state index contributed by atoms with van der Waals surface area (Å²) < 4.78 is 6.57. The third-order valence-corrected chi connectivity index (χ3v) is 3.99. The zero-order chi connectivity index (χ0) is 16.1. The van der Waals surface area contributed by atoms with Crippen LogP contribution in [-0.4, -0.2) is 12.5 Å². The summed E-state index contributed by atoms with van der Waals surface area (Å²) >= 11 is 3.41. The molecule has 3 nitrogen and oxygen atoms in total. The molecule has 0 unspecified atom stereocenters. The molecular formula is C18H20BrNO2. The summed E-state index contributed by atoms with van der Waals surface area (Å²) in [6.45, 7) is 6.22. The lowest BCUT2D eigenvalue weighted by molar-refractivity contribution is -0.118. The number of benzene rings is 2. The van der Waals surface area contributed by atoms with Crippen LogP contribution in [0.5, 0.6) is 5.75 Å². The first-order valence-corrected chi connectivity index (χ1v) is 8.04. The Kier molecular flexibility index (Phi) is 5.61. The third kappa shape index (κ3) is 4.34. The first-order valence-electron chi connectivity index (χ1n) is 7.25. The van der Waals surface area contributed by atoms with E-state index in [2.05, 4.69) is 47.2 Å². The van der Waals surface area contributed by atoms with Crippen molar-refractivity contribution in [1.29, 1.82) is 0 Å². The third-order valence-electron chi connectivity index (χ3n) is 3.30. The number of hydrogen-bond acceptors (Lipinski definition) is 2. The minimum atomic E-state index is -0.178. The number of nitrogens with one attached hydrogen (secondary N) is 1. The lowest BCUT2D eigenvalue weighted by Gasteiger charge is -2.15. The molecule has 0 spiro atoms. The molecule has 0 atom stereocenters. The molecule has 1 N–H and O–H groups in total. The second-order valence-corrected chi connectivity index (χ2v) is 6.37. The van der Waals surface area contributed by atoms with E-state index in [-0.39, 0.29) is 12.5 Å². The predicted octanol–water partition coefficient (Wildman–Crippen LogP) is 4.90. The molecule has 0 aromatic heterocycles. The van der Waals surface area contributed by atoms with Crippen LogP contribution in [0.25, 0.3) is 0 Å². The van der Waals surface area contributed by atoms with Crippen molar-refractivity contribution in [3.63, 3.8) is 0 Å². The van der Waals surface area contributed by atoms with Crippen molar-refractivity contribution in [1.82, 2.24) is 0 Å². The average molecular weight is 362 g/mol. The summed E-state index contributed by atoms with van der Waals surface area (Å²) in [7, 11) is 0. The maximum Gasteiger partial charge on any atom is 0.262 e. The quantitative estimate of drug-likeness (QED) is 0.822. The van der Waals surface area contributed by atoms with Gasteiger partial charge in [-0.2, -0.15) is 0 Å². The number of amides is 1. The standard InChI is InChI=1S/C18H20BrNO2/c1-12(2)14-9-8-13(3)10-17(14)22-11-18(21)20-16-7-5-4-6-15(16)19/h4-10,12H,11H2,1-3H3,(H,20,21). The number of rotatable bonds is 5. The maximum absolute atomic E-state index is 12.0. The molecule has 116 valence electrons. The van der Waals surface area contributed by atoms with E-state index >= 15 is 0 Å². The number of ether oxygens (including phenoxy) is 1. The van der Waals surface area contributed by atoms with Gasteiger partial charge in [-0.15, -0.1) is 0 Å². The van der Waals surface area contributed by atoms with Crippen LogP contribution in [0.1, 0.15) is 30.9 Å². The number of carbonyl (C=O) groups excluding carboxylic acids is 1. The number of para-hydroxylation sites is 1. The molecule has 0 radical (unpaired) electrons. The number of carbonyl (C=O) groups is 1. The minimum absolute atomic E-state index is 0.00942. The van der Waals surface area contributed by atoms with Crippen molar-refractivity contribution in [3.05, 3.63) is 58.1 Å². The Morgan fingerprint density at radius 3 is 2.64 bits per heavy atom. The van der Waals surface area contributed by atoms with Crippen molar-refractivity contribution in [3.8, 4) is 5.75 Å². The summed E-state index contributed by atoms with van der Waals surface area (Å²) in [5.74, 6) is 0.947. The van der Waals surface area contributed by atoms with Crippen molar-refractivity contribution < 1.29 is 9.53 Å². The number of anilines is 1. The van der Waals surface area contributed by atoms with E-state index in [0.717, 1.165) is 27.0 Å². The summed E-state index contributed by atoms with van der Waals surface area (Å²) in [4.78, 5) is 12.0. The second kappa shape index (κ2) is 7.45. The Balaban J connectivity index is 2.02. The minimum Gasteiger partial charge on any atom is -0.483 e. The van der Waals surface area contributed by atoms with Gasteiger partial charge >= 0.3 is 0 Å². The summed E-state index contributed by atoms with van der Waals surface area (Å²) in [6.07, 6.45) is 0. The van der Waals surface area contributed by atoms with Gasteiger partial charge < -0.3 is 10.1 Å². The van der Waals surface area contributed by atoms with Gasteiger partial charge in [0.2, 0.25) is 0 Å². The van der Waals surface area contributed by atoms with Crippen LogP contribution in [0.4, 0.5) is 5.69 Å². The molecule has 0 heterocycles. The predicted molar refractivity (Wildman–Crippen MR) is 93.5 cm³/mol. The van der Waals surface area contributed by atoms with Crippen LogP contribution in [0, 0.1) is 6.92 Å². The van der Waals surface area contributed by atoms with Crippen molar-refractivity contribution in [2.24, 2.45) is 0 Å². The van der Waals surface area contributed by atoms with Crippen LogP contribution in [0.15, 0.2) is 46.9 Å². The lowest BCUT2D eigenvalue weighted by Crippen LogP contribution is -2.20. The fourth-order valence-electron chi connectivity index (χ4n) is 2.14. The van der Waals surface area contributed by atoms with Gasteiger partial charge in [-0.3, -0.25) is 4.79 Å². The lowest BCUT2D eigenvalue weighted by atomic mass is 10.0. The highest BCUT2D eigenvalue weighted by molar-refractivity contribution is 9.10. The zero-order valence-corrected chi connectivity index (χ0v) is 14.6. The Morgan fingerprint density at radius 2 is 1.95 bits per heavy atom. The van der Waals surface area contributed by atoms with Gasteiger partial charge in [-0.05, 0) is 58.1 Å². The molecule has 0 aliphatic heterocycles. The van der Waals surface area contributed by atoms with E-state index in [1.165, 1.54) is 0 Å². The van der Waals surface area contributed by atoms with Crippen molar-refractivity contribution >= 4 is 27.5 Å². The smallest absolute Gasteiger partial charge is 0.262 e. The summed E-state index contributed by atoms with van der Waals surface area (Å²) in [5.41, 5.74) is 2.97. The monoisotopic (exact) mass is 361 g/mol. The van der Waals surface area contributed by atoms with E-state index in [4.69, 9.17) is 4.74 Å². The highest BCUT2D eigenvalue weighted by Crippen LogP contribution is 2.27. The SMILES string of the molecule is Cc1ccc(C(C)C)c(OCC(=O)Nc2ccccc2Br)c1. The molecule has 2 rings (SSSR count). The molecule has 0 fully saturated rings. The Morgan fingerprint density at radius 1 is 1.23 bits per heavy atom. The number of hydrogen-bond donors (Lipinski definition) is 1. The number of aryl methyl sites for hydroxylation is 1. The molecule has 1 amide bonds. The Labute approximate surface area is 139 Å². The normalized spacial score (nSPS) is 10.6. The van der Waals surface area contributed by atoms with Crippen LogP contribution < -0.4 is 10.1 Å². The van der Waals surface area contributed by atoms with E-state index in [0.29, 0.717) is 5.92 Å². The molecule has 0 bridgehead atoms. The molecule has 2 aromatic rings. The molecule has 0 saturated carbocycles. The highest BCUT2D eigenvalue weighted by Gasteiger charge is 2.11. The second-order valence-electron chi connectivity index (χ2n) is 5.51. The average Bonchev–Trinajstić information content (AvgIpc) is 2.47. The van der Waals surface area contributed by atoms with Gasteiger partial charge in [0.25, 0.3) is 5.91 Å². The maximum atomic E-state index is 12.0. The molecule has 2 aromatic carbocycles. The van der Waals surface area contributed by atoms with Crippen molar-refractivity contribution in [2.45, 2.75) is 26.7 Å². The van der Waals surface area contributed by atoms with Gasteiger partial charge in [0, 0.05) is 4.47 Å². The van der Waals surface area contributed by atoms with E-state index < -0.39 is 0 Å². The molecule has 0 aliphatic carbocycles. The summed E-state index contributed by atoms with van der Waals surface area (Å²) in [5, 5.41) is 2.83. The van der Waals surface area contributed by atoms with Crippen LogP contribution >= 0.6 is 15.9 Å². The van der Waals surface area contributed by atoms with Crippen LogP contribution in [0.3, 0.4) is 0 Å². The van der Waals surface area contributed by atoms with Gasteiger partial charge in [-0.25, -0.2) is 0 Å². The van der Waals surface area contributed by atoms with Crippen LogP contribution in [0.2, 0.25) is 0 Å². The van der Waals surface area contributed by atoms with Gasteiger partial charge in [0.05, 0.1) is 5.69 Å². The molecule has 4 heteroatoms. The molecule has 22 heavy (non-hydrogen) atoms. The van der Waals surface area contributed by atoms with Crippen molar-refractivity contribution in [2.75, 3.05) is 11.9 Å². The fourth-order valence-corrected chi connectivity index (χ4v) is 2.52. The van der Waals surface area contributed by atoms with Gasteiger partial charge in [0.1, 0.15) is 5.75 Å². The highest BCUT2D eigenvalue weighted by atomic mass is 79.9. The molecule has 0 saturated heterocycles. The first kappa shape index (κ1) is 16.6.